The Hall–Kier alpha value is -2.55. The average molecular weight is 277 g/mol. The van der Waals surface area contributed by atoms with Crippen molar-refractivity contribution in [1.29, 1.82) is 0 Å². The molecule has 0 unspecified atom stereocenters. The zero-order valence-electron chi connectivity index (χ0n) is 12.2. The summed E-state index contributed by atoms with van der Waals surface area (Å²) in [5.74, 6) is 0. The molecule has 3 heteroatoms. The molecule has 0 aliphatic carbocycles. The van der Waals surface area contributed by atoms with Gasteiger partial charge in [0.15, 0.2) is 0 Å². The van der Waals surface area contributed by atoms with Gasteiger partial charge in [0.05, 0.1) is 5.52 Å². The average Bonchev–Trinajstić information content (AvgIpc) is 2.53. The standard InChI is InChI=1S/C18H19N3/c1-2-21(17-8-6-16(19)7-9-17)13-14-5-10-18-15(12-14)4-3-11-20-18/h3-12H,2,13,19H2,1H3. The Morgan fingerprint density at radius 2 is 1.86 bits per heavy atom. The van der Waals surface area contributed by atoms with Gasteiger partial charge in [0.1, 0.15) is 0 Å². The lowest BCUT2D eigenvalue weighted by molar-refractivity contribution is 0.833. The zero-order valence-corrected chi connectivity index (χ0v) is 12.2. The Morgan fingerprint density at radius 1 is 1.05 bits per heavy atom. The smallest absolute Gasteiger partial charge is 0.0702 e. The first kappa shape index (κ1) is 13.4. The summed E-state index contributed by atoms with van der Waals surface area (Å²) in [7, 11) is 0. The number of anilines is 2. The molecule has 0 fully saturated rings. The van der Waals surface area contributed by atoms with Crippen molar-refractivity contribution in [1.82, 2.24) is 4.98 Å². The number of pyridine rings is 1. The molecule has 3 aromatic rings. The van der Waals surface area contributed by atoms with Gasteiger partial charge in [-0.15, -0.1) is 0 Å². The SMILES string of the molecule is CCN(Cc1ccc2ncccc2c1)c1ccc(N)cc1. The fourth-order valence-electron chi connectivity index (χ4n) is 2.51. The molecule has 3 nitrogen and oxygen atoms in total. The molecule has 2 aromatic carbocycles. The molecule has 3 rings (SSSR count). The van der Waals surface area contributed by atoms with Crippen LogP contribution < -0.4 is 10.6 Å². The van der Waals surface area contributed by atoms with Gasteiger partial charge in [-0.25, -0.2) is 0 Å². The van der Waals surface area contributed by atoms with Crippen molar-refractivity contribution >= 4 is 22.3 Å². The zero-order chi connectivity index (χ0) is 14.7. The van der Waals surface area contributed by atoms with E-state index < -0.39 is 0 Å². The van der Waals surface area contributed by atoms with Crippen LogP contribution in [0.5, 0.6) is 0 Å². The molecule has 21 heavy (non-hydrogen) atoms. The molecule has 0 aliphatic heterocycles. The Balaban J connectivity index is 1.86. The molecule has 0 saturated heterocycles. The second-order valence-corrected chi connectivity index (χ2v) is 5.14. The molecule has 0 amide bonds. The van der Waals surface area contributed by atoms with Crippen molar-refractivity contribution in [3.8, 4) is 0 Å². The van der Waals surface area contributed by atoms with Gasteiger partial charge < -0.3 is 10.6 Å². The molecule has 0 atom stereocenters. The Bertz CT molecular complexity index is 735. The van der Waals surface area contributed by atoms with Crippen LogP contribution in [0.1, 0.15) is 12.5 Å². The lowest BCUT2D eigenvalue weighted by atomic mass is 10.1. The van der Waals surface area contributed by atoms with Crippen LogP contribution in [0.4, 0.5) is 11.4 Å². The van der Waals surface area contributed by atoms with E-state index in [1.807, 2.05) is 24.4 Å². The maximum absolute atomic E-state index is 5.76. The largest absolute Gasteiger partial charge is 0.399 e. The lowest BCUT2D eigenvalue weighted by Gasteiger charge is -2.23. The van der Waals surface area contributed by atoms with Crippen LogP contribution in [0, 0.1) is 0 Å². The quantitative estimate of drug-likeness (QED) is 0.737. The van der Waals surface area contributed by atoms with Gasteiger partial charge in [-0.05, 0) is 55.0 Å². The first-order valence-corrected chi connectivity index (χ1v) is 7.20. The molecule has 0 aliphatic rings. The summed E-state index contributed by atoms with van der Waals surface area (Å²) in [6.45, 7) is 4.00. The van der Waals surface area contributed by atoms with Crippen LogP contribution >= 0.6 is 0 Å². The third-order valence-corrected chi connectivity index (χ3v) is 3.68. The number of nitrogens with two attached hydrogens (primary N) is 1. The highest BCUT2D eigenvalue weighted by Gasteiger charge is 2.06. The van der Waals surface area contributed by atoms with E-state index in [9.17, 15) is 0 Å². The van der Waals surface area contributed by atoms with Crippen molar-refractivity contribution in [3.63, 3.8) is 0 Å². The Kier molecular flexibility index (Phi) is 3.73. The van der Waals surface area contributed by atoms with E-state index in [4.69, 9.17) is 5.73 Å². The van der Waals surface area contributed by atoms with E-state index in [1.54, 1.807) is 0 Å². The maximum Gasteiger partial charge on any atom is 0.0702 e. The van der Waals surface area contributed by atoms with E-state index in [0.717, 1.165) is 24.3 Å². The highest BCUT2D eigenvalue weighted by Crippen LogP contribution is 2.20. The number of aromatic nitrogens is 1. The van der Waals surface area contributed by atoms with Crippen LogP contribution in [-0.4, -0.2) is 11.5 Å². The van der Waals surface area contributed by atoms with Gasteiger partial charge in [-0.1, -0.05) is 12.1 Å². The fraction of sp³-hybridized carbons (Fsp3) is 0.167. The number of rotatable bonds is 4. The molecule has 0 bridgehead atoms. The maximum atomic E-state index is 5.76. The third kappa shape index (κ3) is 2.97. The van der Waals surface area contributed by atoms with Gasteiger partial charge >= 0.3 is 0 Å². The van der Waals surface area contributed by atoms with Gasteiger partial charge in [-0.2, -0.15) is 0 Å². The second-order valence-electron chi connectivity index (χ2n) is 5.14. The molecule has 2 N–H and O–H groups in total. The van der Waals surface area contributed by atoms with Crippen molar-refractivity contribution < 1.29 is 0 Å². The minimum Gasteiger partial charge on any atom is -0.399 e. The summed E-state index contributed by atoms with van der Waals surface area (Å²) in [6.07, 6.45) is 1.83. The van der Waals surface area contributed by atoms with E-state index in [0.29, 0.717) is 0 Å². The molecule has 106 valence electrons. The van der Waals surface area contributed by atoms with E-state index >= 15 is 0 Å². The highest BCUT2D eigenvalue weighted by atomic mass is 15.1. The van der Waals surface area contributed by atoms with Gasteiger partial charge in [-0.3, -0.25) is 4.98 Å². The van der Waals surface area contributed by atoms with Gasteiger partial charge in [0.2, 0.25) is 0 Å². The van der Waals surface area contributed by atoms with E-state index in [-0.39, 0.29) is 0 Å². The number of nitrogen functional groups attached to an aromatic ring is 1. The fourth-order valence-corrected chi connectivity index (χ4v) is 2.51. The number of fused-ring (bicyclic) bond motifs is 1. The van der Waals surface area contributed by atoms with Gasteiger partial charge in [0, 0.05) is 36.0 Å². The topological polar surface area (TPSA) is 42.2 Å². The van der Waals surface area contributed by atoms with Crippen molar-refractivity contribution in [2.45, 2.75) is 13.5 Å². The molecule has 1 heterocycles. The lowest BCUT2D eigenvalue weighted by Crippen LogP contribution is -2.21. The van der Waals surface area contributed by atoms with E-state index in [2.05, 4.69) is 53.2 Å². The minimum absolute atomic E-state index is 0.798. The summed E-state index contributed by atoms with van der Waals surface area (Å²) in [5.41, 5.74) is 10.1. The summed E-state index contributed by atoms with van der Waals surface area (Å²) < 4.78 is 0. The van der Waals surface area contributed by atoms with E-state index in [1.165, 1.54) is 16.6 Å². The first-order chi connectivity index (χ1) is 10.3. The van der Waals surface area contributed by atoms with Crippen molar-refractivity contribution in [2.75, 3.05) is 17.2 Å². The highest BCUT2D eigenvalue weighted by molar-refractivity contribution is 5.79. The minimum atomic E-state index is 0.798. The van der Waals surface area contributed by atoms with Gasteiger partial charge in [0.25, 0.3) is 0 Å². The predicted octanol–water partition coefficient (Wildman–Crippen LogP) is 3.84. The first-order valence-electron chi connectivity index (χ1n) is 7.20. The molecule has 1 aromatic heterocycles. The molecule has 0 radical (unpaired) electrons. The third-order valence-electron chi connectivity index (χ3n) is 3.68. The normalized spacial score (nSPS) is 10.7. The van der Waals surface area contributed by atoms with Crippen LogP contribution in [-0.2, 0) is 6.54 Å². The number of benzene rings is 2. The van der Waals surface area contributed by atoms with Crippen LogP contribution in [0.15, 0.2) is 60.8 Å². The second kappa shape index (κ2) is 5.83. The Morgan fingerprint density at radius 3 is 2.62 bits per heavy atom. The number of nitrogens with zero attached hydrogens (tertiary/aromatic N) is 2. The summed E-state index contributed by atoms with van der Waals surface area (Å²) in [6, 6.07) is 18.6. The van der Waals surface area contributed by atoms with Crippen molar-refractivity contribution in [2.24, 2.45) is 0 Å². The van der Waals surface area contributed by atoms with Crippen LogP contribution in [0.25, 0.3) is 10.9 Å². The van der Waals surface area contributed by atoms with Crippen LogP contribution in [0.2, 0.25) is 0 Å². The molecule has 0 saturated carbocycles. The summed E-state index contributed by atoms with van der Waals surface area (Å²) in [4.78, 5) is 6.69. The molecule has 0 spiro atoms. The van der Waals surface area contributed by atoms with Crippen LogP contribution in [0.3, 0.4) is 0 Å². The molecular weight excluding hydrogens is 258 g/mol. The molecular formula is C18H19N3. The Labute approximate surface area is 125 Å². The number of hydrogen-bond acceptors (Lipinski definition) is 3. The predicted molar refractivity (Wildman–Crippen MR) is 89.3 cm³/mol. The summed E-state index contributed by atoms with van der Waals surface area (Å²) in [5, 5.41) is 1.18. The summed E-state index contributed by atoms with van der Waals surface area (Å²) >= 11 is 0. The number of hydrogen-bond donors (Lipinski definition) is 1. The van der Waals surface area contributed by atoms with Crippen molar-refractivity contribution in [3.05, 3.63) is 66.4 Å². The monoisotopic (exact) mass is 277 g/mol.